The SMILES string of the molecule is CC(c1ccc(NS(C)(=O)=O)cc1)S(=O)(=O)NCCCN(C)C. The highest BCUT2D eigenvalue weighted by atomic mass is 32.2. The maximum atomic E-state index is 12.3. The Morgan fingerprint density at radius 3 is 2.13 bits per heavy atom. The molecule has 1 aromatic rings. The van der Waals surface area contributed by atoms with Gasteiger partial charge in [-0.1, -0.05) is 12.1 Å². The summed E-state index contributed by atoms with van der Waals surface area (Å²) in [5, 5.41) is -0.714. The molecule has 132 valence electrons. The van der Waals surface area contributed by atoms with Crippen LogP contribution < -0.4 is 9.44 Å². The van der Waals surface area contributed by atoms with E-state index in [4.69, 9.17) is 0 Å². The monoisotopic (exact) mass is 363 g/mol. The third-order valence-corrected chi connectivity index (χ3v) is 5.65. The number of sulfonamides is 2. The second-order valence-electron chi connectivity index (χ2n) is 5.73. The highest BCUT2D eigenvalue weighted by Gasteiger charge is 2.21. The number of nitrogens with one attached hydrogen (secondary N) is 2. The van der Waals surface area contributed by atoms with Crippen LogP contribution in [-0.2, 0) is 20.0 Å². The Morgan fingerprint density at radius 1 is 1.09 bits per heavy atom. The molecule has 0 aliphatic heterocycles. The molecule has 1 unspecified atom stereocenters. The molecule has 1 rings (SSSR count). The van der Waals surface area contributed by atoms with Crippen LogP contribution in [0.4, 0.5) is 5.69 Å². The van der Waals surface area contributed by atoms with Crippen LogP contribution in [0.5, 0.6) is 0 Å². The molecule has 9 heteroatoms. The first-order valence-corrected chi connectivity index (χ1v) is 10.7. The Labute approximate surface area is 139 Å². The highest BCUT2D eigenvalue weighted by molar-refractivity contribution is 7.92. The van der Waals surface area contributed by atoms with Crippen molar-refractivity contribution in [3.05, 3.63) is 29.8 Å². The number of hydrogen-bond donors (Lipinski definition) is 2. The molecule has 0 saturated heterocycles. The van der Waals surface area contributed by atoms with E-state index in [-0.39, 0.29) is 0 Å². The lowest BCUT2D eigenvalue weighted by Gasteiger charge is -2.16. The van der Waals surface area contributed by atoms with Crippen LogP contribution >= 0.6 is 0 Å². The molecule has 0 aliphatic rings. The molecule has 0 aliphatic carbocycles. The summed E-state index contributed by atoms with van der Waals surface area (Å²) in [7, 11) is -2.94. The van der Waals surface area contributed by atoms with E-state index in [0.29, 0.717) is 17.8 Å². The molecular formula is C14H25N3O4S2. The van der Waals surface area contributed by atoms with Gasteiger partial charge in [-0.15, -0.1) is 0 Å². The zero-order chi connectivity index (χ0) is 17.7. The predicted octanol–water partition coefficient (Wildman–Crippen LogP) is 0.990. The molecule has 0 amide bonds. The molecule has 23 heavy (non-hydrogen) atoms. The van der Waals surface area contributed by atoms with Gasteiger partial charge in [-0.25, -0.2) is 21.6 Å². The van der Waals surface area contributed by atoms with Crippen LogP contribution in [0.25, 0.3) is 0 Å². The minimum atomic E-state index is -3.47. The van der Waals surface area contributed by atoms with Crippen LogP contribution in [-0.4, -0.2) is 55.2 Å². The van der Waals surface area contributed by atoms with Crippen molar-refractivity contribution in [1.82, 2.24) is 9.62 Å². The van der Waals surface area contributed by atoms with Crippen molar-refractivity contribution in [3.8, 4) is 0 Å². The zero-order valence-corrected chi connectivity index (χ0v) is 15.5. The van der Waals surface area contributed by atoms with Gasteiger partial charge in [0.2, 0.25) is 20.0 Å². The Balaban J connectivity index is 2.70. The fraction of sp³-hybridized carbons (Fsp3) is 0.571. The lowest BCUT2D eigenvalue weighted by molar-refractivity contribution is 0.400. The fourth-order valence-electron chi connectivity index (χ4n) is 1.95. The average molecular weight is 364 g/mol. The van der Waals surface area contributed by atoms with Crippen molar-refractivity contribution in [2.75, 3.05) is 38.2 Å². The summed E-state index contributed by atoms with van der Waals surface area (Å²) in [6.07, 6.45) is 1.79. The standard InChI is InChI=1S/C14H25N3O4S2/c1-12(23(20,21)15-10-5-11-17(2)3)13-6-8-14(9-7-13)16-22(4,18)19/h6-9,12,15-16H,5,10-11H2,1-4H3. The fourth-order valence-corrected chi connectivity index (χ4v) is 3.71. The largest absolute Gasteiger partial charge is 0.309 e. The Morgan fingerprint density at radius 2 is 1.65 bits per heavy atom. The van der Waals surface area contributed by atoms with Gasteiger partial charge < -0.3 is 4.90 Å². The van der Waals surface area contributed by atoms with Crippen LogP contribution in [0.3, 0.4) is 0 Å². The zero-order valence-electron chi connectivity index (χ0n) is 13.9. The van der Waals surface area contributed by atoms with Crippen molar-refractivity contribution in [1.29, 1.82) is 0 Å². The lowest BCUT2D eigenvalue weighted by atomic mass is 10.1. The first-order valence-electron chi connectivity index (χ1n) is 7.22. The summed E-state index contributed by atoms with van der Waals surface area (Å²) in [4.78, 5) is 1.99. The van der Waals surface area contributed by atoms with Gasteiger partial charge in [-0.2, -0.15) is 0 Å². The Bertz CT molecular complexity index is 698. The second-order valence-corrected chi connectivity index (χ2v) is 9.57. The number of nitrogens with zero attached hydrogens (tertiary/aromatic N) is 1. The van der Waals surface area contributed by atoms with Gasteiger partial charge in [0.15, 0.2) is 0 Å². The number of anilines is 1. The molecule has 0 fully saturated rings. The smallest absolute Gasteiger partial charge is 0.229 e. The molecule has 0 heterocycles. The third kappa shape index (κ3) is 7.30. The summed E-state index contributed by atoms with van der Waals surface area (Å²) in [6.45, 7) is 2.80. The van der Waals surface area contributed by atoms with Crippen LogP contribution in [0, 0.1) is 0 Å². The second kappa shape index (κ2) is 8.09. The first-order chi connectivity index (χ1) is 10.5. The van der Waals surface area contributed by atoms with E-state index in [1.54, 1.807) is 31.2 Å². The van der Waals surface area contributed by atoms with E-state index < -0.39 is 25.3 Å². The molecule has 0 aromatic heterocycles. The molecular weight excluding hydrogens is 338 g/mol. The molecule has 0 radical (unpaired) electrons. The molecule has 1 atom stereocenters. The number of hydrogen-bond acceptors (Lipinski definition) is 5. The molecule has 0 saturated carbocycles. The molecule has 0 spiro atoms. The maximum absolute atomic E-state index is 12.3. The maximum Gasteiger partial charge on any atom is 0.229 e. The van der Waals surface area contributed by atoms with Crippen LogP contribution in [0.15, 0.2) is 24.3 Å². The van der Waals surface area contributed by atoms with E-state index in [2.05, 4.69) is 9.44 Å². The van der Waals surface area contributed by atoms with E-state index in [0.717, 1.165) is 19.2 Å². The van der Waals surface area contributed by atoms with Crippen molar-refractivity contribution in [2.24, 2.45) is 0 Å². The predicted molar refractivity (Wildman–Crippen MR) is 93.4 cm³/mol. The summed E-state index contributed by atoms with van der Waals surface area (Å²) in [5.41, 5.74) is 1.00. The van der Waals surface area contributed by atoms with Crippen molar-refractivity contribution >= 4 is 25.7 Å². The van der Waals surface area contributed by atoms with E-state index >= 15 is 0 Å². The minimum absolute atomic E-state index is 0.387. The van der Waals surface area contributed by atoms with Crippen molar-refractivity contribution < 1.29 is 16.8 Å². The van der Waals surface area contributed by atoms with E-state index in [1.165, 1.54) is 0 Å². The van der Waals surface area contributed by atoms with Gasteiger partial charge in [0.25, 0.3) is 0 Å². The van der Waals surface area contributed by atoms with Gasteiger partial charge in [0, 0.05) is 12.2 Å². The molecule has 1 aromatic carbocycles. The van der Waals surface area contributed by atoms with E-state index in [9.17, 15) is 16.8 Å². The van der Waals surface area contributed by atoms with Gasteiger partial charge in [0.05, 0.1) is 11.5 Å². The average Bonchev–Trinajstić information content (AvgIpc) is 2.42. The molecule has 2 N–H and O–H groups in total. The van der Waals surface area contributed by atoms with Gasteiger partial charge in [-0.05, 0) is 51.7 Å². The van der Waals surface area contributed by atoms with Crippen molar-refractivity contribution in [3.63, 3.8) is 0 Å². The molecule has 0 bridgehead atoms. The van der Waals surface area contributed by atoms with Crippen LogP contribution in [0.1, 0.15) is 24.2 Å². The summed E-state index contributed by atoms with van der Waals surface area (Å²) in [6, 6.07) is 6.32. The topological polar surface area (TPSA) is 95.6 Å². The van der Waals surface area contributed by atoms with Gasteiger partial charge in [-0.3, -0.25) is 4.72 Å². The number of benzene rings is 1. The first kappa shape index (κ1) is 19.9. The molecule has 7 nitrogen and oxygen atoms in total. The minimum Gasteiger partial charge on any atom is -0.309 e. The quantitative estimate of drug-likeness (QED) is 0.638. The summed E-state index contributed by atoms with van der Waals surface area (Å²) < 4.78 is 51.8. The summed E-state index contributed by atoms with van der Waals surface area (Å²) >= 11 is 0. The number of rotatable bonds is 9. The highest BCUT2D eigenvalue weighted by Crippen LogP contribution is 2.22. The normalized spacial score (nSPS) is 14.0. The summed E-state index contributed by atoms with van der Waals surface area (Å²) in [5.74, 6) is 0. The van der Waals surface area contributed by atoms with Crippen LogP contribution in [0.2, 0.25) is 0 Å². The van der Waals surface area contributed by atoms with Crippen molar-refractivity contribution in [2.45, 2.75) is 18.6 Å². The van der Waals surface area contributed by atoms with Gasteiger partial charge >= 0.3 is 0 Å². The Hall–Kier alpha value is -1.16. The third-order valence-electron chi connectivity index (χ3n) is 3.23. The van der Waals surface area contributed by atoms with Gasteiger partial charge in [0.1, 0.15) is 0 Å². The van der Waals surface area contributed by atoms with E-state index in [1.807, 2.05) is 19.0 Å². The lowest BCUT2D eigenvalue weighted by Crippen LogP contribution is -2.30. The Kier molecular flexibility index (Phi) is 7.00.